The molecule has 0 aliphatic heterocycles. The standard InChI is InChI=1S/C12H13F3N2O/c13-12(14,15)11(4-5-11)10(18)17-7-8-2-1-3-9(16)6-8/h1-3,6H,4-5,7,16H2,(H,17,18). The monoisotopic (exact) mass is 258 g/mol. The summed E-state index contributed by atoms with van der Waals surface area (Å²) in [6.07, 6.45) is -4.72. The van der Waals surface area contributed by atoms with Crippen LogP contribution in [-0.4, -0.2) is 12.1 Å². The van der Waals surface area contributed by atoms with Gasteiger partial charge in [-0.05, 0) is 30.5 Å². The number of halogens is 3. The summed E-state index contributed by atoms with van der Waals surface area (Å²) in [4.78, 5) is 11.6. The number of alkyl halides is 3. The molecule has 1 amide bonds. The number of carbonyl (C=O) groups excluding carboxylic acids is 1. The molecule has 0 spiro atoms. The van der Waals surface area contributed by atoms with Crippen molar-refractivity contribution in [3.05, 3.63) is 29.8 Å². The summed E-state index contributed by atoms with van der Waals surface area (Å²) in [7, 11) is 0. The first-order valence-electron chi connectivity index (χ1n) is 5.55. The van der Waals surface area contributed by atoms with Crippen molar-refractivity contribution in [1.29, 1.82) is 0 Å². The highest BCUT2D eigenvalue weighted by molar-refractivity contribution is 5.86. The highest BCUT2D eigenvalue weighted by Crippen LogP contribution is 2.57. The van der Waals surface area contributed by atoms with Crippen molar-refractivity contribution in [1.82, 2.24) is 5.32 Å². The van der Waals surface area contributed by atoms with Crippen LogP contribution in [-0.2, 0) is 11.3 Å². The number of anilines is 1. The first-order valence-corrected chi connectivity index (χ1v) is 5.55. The van der Waals surface area contributed by atoms with Crippen molar-refractivity contribution in [2.45, 2.75) is 25.6 Å². The normalized spacial score (nSPS) is 17.3. The Morgan fingerprint density at radius 2 is 2.06 bits per heavy atom. The molecule has 1 aromatic rings. The molecule has 1 aliphatic carbocycles. The Bertz CT molecular complexity index is 467. The molecule has 0 heterocycles. The number of nitrogen functional groups attached to an aromatic ring is 1. The highest BCUT2D eigenvalue weighted by Gasteiger charge is 2.68. The lowest BCUT2D eigenvalue weighted by atomic mass is 10.1. The van der Waals surface area contributed by atoms with E-state index in [2.05, 4.69) is 5.32 Å². The number of nitrogens with one attached hydrogen (secondary N) is 1. The maximum Gasteiger partial charge on any atom is 0.403 e. The molecule has 3 N–H and O–H groups in total. The van der Waals surface area contributed by atoms with Gasteiger partial charge < -0.3 is 11.1 Å². The van der Waals surface area contributed by atoms with Gasteiger partial charge in [0.05, 0.1) is 0 Å². The lowest BCUT2D eigenvalue weighted by molar-refractivity contribution is -0.192. The van der Waals surface area contributed by atoms with Crippen molar-refractivity contribution in [3.8, 4) is 0 Å². The number of amides is 1. The van der Waals surface area contributed by atoms with Crippen LogP contribution >= 0.6 is 0 Å². The molecule has 3 nitrogen and oxygen atoms in total. The van der Waals surface area contributed by atoms with Crippen molar-refractivity contribution in [2.75, 3.05) is 5.73 Å². The summed E-state index contributed by atoms with van der Waals surface area (Å²) < 4.78 is 38.0. The fraction of sp³-hybridized carbons (Fsp3) is 0.417. The Balaban J connectivity index is 1.98. The van der Waals surface area contributed by atoms with Crippen LogP contribution in [0.1, 0.15) is 18.4 Å². The zero-order chi connectivity index (χ0) is 13.4. The number of rotatable bonds is 3. The predicted molar refractivity (Wildman–Crippen MR) is 60.4 cm³/mol. The molecule has 1 saturated carbocycles. The molecule has 0 atom stereocenters. The predicted octanol–water partition coefficient (Wildman–Crippen LogP) is 2.23. The van der Waals surface area contributed by atoms with E-state index in [1.165, 1.54) is 0 Å². The SMILES string of the molecule is Nc1cccc(CNC(=O)C2(C(F)(F)F)CC2)c1. The maximum absolute atomic E-state index is 12.7. The van der Waals surface area contributed by atoms with Crippen LogP contribution in [0, 0.1) is 5.41 Å². The van der Waals surface area contributed by atoms with Crippen LogP contribution in [0.4, 0.5) is 18.9 Å². The van der Waals surface area contributed by atoms with Gasteiger partial charge in [0.1, 0.15) is 5.41 Å². The van der Waals surface area contributed by atoms with Crippen molar-refractivity contribution in [3.63, 3.8) is 0 Å². The zero-order valence-corrected chi connectivity index (χ0v) is 9.55. The third-order valence-electron chi connectivity index (χ3n) is 3.13. The van der Waals surface area contributed by atoms with Gasteiger partial charge in [-0.15, -0.1) is 0 Å². The first-order chi connectivity index (χ1) is 8.35. The van der Waals surface area contributed by atoms with E-state index >= 15 is 0 Å². The third kappa shape index (κ3) is 2.27. The molecule has 2 rings (SSSR count). The molecule has 1 fully saturated rings. The Labute approximate surface area is 102 Å². The zero-order valence-electron chi connectivity index (χ0n) is 9.55. The topological polar surface area (TPSA) is 55.1 Å². The van der Waals surface area contributed by atoms with Crippen LogP contribution in [0.5, 0.6) is 0 Å². The molecule has 1 aliphatic rings. The largest absolute Gasteiger partial charge is 0.403 e. The fourth-order valence-corrected chi connectivity index (χ4v) is 1.82. The fourth-order valence-electron chi connectivity index (χ4n) is 1.82. The van der Waals surface area contributed by atoms with Gasteiger partial charge in [0.15, 0.2) is 0 Å². The van der Waals surface area contributed by atoms with E-state index in [0.717, 1.165) is 0 Å². The van der Waals surface area contributed by atoms with E-state index < -0.39 is 17.5 Å². The Kier molecular flexibility index (Phi) is 2.96. The van der Waals surface area contributed by atoms with E-state index in [9.17, 15) is 18.0 Å². The third-order valence-corrected chi connectivity index (χ3v) is 3.13. The van der Waals surface area contributed by atoms with Crippen LogP contribution in [0.25, 0.3) is 0 Å². The average Bonchev–Trinajstić information content (AvgIpc) is 3.06. The molecule has 18 heavy (non-hydrogen) atoms. The Hall–Kier alpha value is -1.72. The average molecular weight is 258 g/mol. The summed E-state index contributed by atoms with van der Waals surface area (Å²) >= 11 is 0. The number of carbonyl (C=O) groups is 1. The number of hydrogen-bond acceptors (Lipinski definition) is 2. The summed E-state index contributed by atoms with van der Waals surface area (Å²) in [5.41, 5.74) is 4.57. The van der Waals surface area contributed by atoms with E-state index in [4.69, 9.17) is 5.73 Å². The molecule has 6 heteroatoms. The van der Waals surface area contributed by atoms with Gasteiger partial charge in [-0.2, -0.15) is 13.2 Å². The Morgan fingerprint density at radius 3 is 2.56 bits per heavy atom. The lowest BCUT2D eigenvalue weighted by Gasteiger charge is -2.18. The second-order valence-corrected chi connectivity index (χ2v) is 4.51. The molecular weight excluding hydrogens is 245 g/mol. The lowest BCUT2D eigenvalue weighted by Crippen LogP contribution is -2.40. The van der Waals surface area contributed by atoms with Crippen LogP contribution < -0.4 is 11.1 Å². The smallest absolute Gasteiger partial charge is 0.399 e. The van der Waals surface area contributed by atoms with E-state index in [-0.39, 0.29) is 19.4 Å². The van der Waals surface area contributed by atoms with E-state index in [0.29, 0.717) is 11.3 Å². The molecule has 0 bridgehead atoms. The molecule has 0 aromatic heterocycles. The molecule has 1 aromatic carbocycles. The van der Waals surface area contributed by atoms with E-state index in [1.54, 1.807) is 24.3 Å². The maximum atomic E-state index is 12.7. The van der Waals surface area contributed by atoms with Gasteiger partial charge in [0, 0.05) is 12.2 Å². The molecule has 98 valence electrons. The van der Waals surface area contributed by atoms with Crippen molar-refractivity contribution in [2.24, 2.45) is 5.41 Å². The molecule has 0 radical (unpaired) electrons. The van der Waals surface area contributed by atoms with Crippen LogP contribution in [0.2, 0.25) is 0 Å². The van der Waals surface area contributed by atoms with Crippen molar-refractivity contribution < 1.29 is 18.0 Å². The molecule has 0 saturated heterocycles. The summed E-state index contributed by atoms with van der Waals surface area (Å²) in [5, 5.41) is 2.32. The van der Waals surface area contributed by atoms with Gasteiger partial charge in [-0.3, -0.25) is 4.79 Å². The number of benzene rings is 1. The van der Waals surface area contributed by atoms with Gasteiger partial charge in [-0.1, -0.05) is 12.1 Å². The quantitative estimate of drug-likeness (QED) is 0.817. The Morgan fingerprint density at radius 1 is 1.39 bits per heavy atom. The van der Waals surface area contributed by atoms with Crippen LogP contribution in [0.3, 0.4) is 0 Å². The van der Waals surface area contributed by atoms with Crippen LogP contribution in [0.15, 0.2) is 24.3 Å². The second kappa shape index (κ2) is 4.19. The first kappa shape index (κ1) is 12.7. The minimum atomic E-state index is -4.47. The number of nitrogens with two attached hydrogens (primary N) is 1. The minimum absolute atomic E-state index is 0.0572. The van der Waals surface area contributed by atoms with Gasteiger partial charge in [-0.25, -0.2) is 0 Å². The minimum Gasteiger partial charge on any atom is -0.399 e. The van der Waals surface area contributed by atoms with E-state index in [1.807, 2.05) is 0 Å². The van der Waals surface area contributed by atoms with Gasteiger partial charge in [0.25, 0.3) is 0 Å². The number of hydrogen-bond donors (Lipinski definition) is 2. The van der Waals surface area contributed by atoms with Gasteiger partial charge in [0.2, 0.25) is 5.91 Å². The summed E-state index contributed by atoms with van der Waals surface area (Å²) in [5.74, 6) is -0.947. The van der Waals surface area contributed by atoms with Crippen molar-refractivity contribution >= 4 is 11.6 Å². The van der Waals surface area contributed by atoms with Gasteiger partial charge >= 0.3 is 6.18 Å². The highest BCUT2D eigenvalue weighted by atomic mass is 19.4. The molecule has 0 unspecified atom stereocenters. The summed E-state index contributed by atoms with van der Waals surface area (Å²) in [6.45, 7) is 0.0572. The second-order valence-electron chi connectivity index (χ2n) is 4.51. The molecular formula is C12H13F3N2O. The summed E-state index contributed by atoms with van der Waals surface area (Å²) in [6, 6.07) is 6.67.